The molecule has 0 aliphatic carbocycles. The average molecular weight is 387 g/mol. The first kappa shape index (κ1) is 18.5. The van der Waals surface area contributed by atoms with Gasteiger partial charge in [-0.1, -0.05) is 44.2 Å². The van der Waals surface area contributed by atoms with E-state index < -0.39 is 0 Å². The highest BCUT2D eigenvalue weighted by molar-refractivity contribution is 6.05. The zero-order chi connectivity index (χ0) is 20.2. The predicted molar refractivity (Wildman–Crippen MR) is 109 cm³/mol. The van der Waals surface area contributed by atoms with Gasteiger partial charge in [-0.05, 0) is 23.6 Å². The molecule has 8 heteroatoms. The topological polar surface area (TPSA) is 90.5 Å². The van der Waals surface area contributed by atoms with Crippen molar-refractivity contribution >= 4 is 11.6 Å². The van der Waals surface area contributed by atoms with Crippen LogP contribution in [0.3, 0.4) is 0 Å². The van der Waals surface area contributed by atoms with Gasteiger partial charge in [0.15, 0.2) is 5.82 Å². The Kier molecular flexibility index (Phi) is 5.15. The van der Waals surface area contributed by atoms with E-state index in [1.165, 1.54) is 6.33 Å². The van der Waals surface area contributed by atoms with E-state index in [0.717, 1.165) is 11.3 Å². The fraction of sp³-hybridized carbons (Fsp3) is 0.190. The summed E-state index contributed by atoms with van der Waals surface area (Å²) in [5, 5.41) is 11.4. The van der Waals surface area contributed by atoms with Gasteiger partial charge in [0.2, 0.25) is 0 Å². The zero-order valence-electron chi connectivity index (χ0n) is 16.2. The lowest BCUT2D eigenvalue weighted by atomic mass is 10.0. The van der Waals surface area contributed by atoms with Crippen molar-refractivity contribution in [2.75, 3.05) is 5.32 Å². The zero-order valence-corrected chi connectivity index (χ0v) is 16.2. The van der Waals surface area contributed by atoms with E-state index in [4.69, 9.17) is 0 Å². The van der Waals surface area contributed by atoms with Crippen molar-refractivity contribution in [3.8, 4) is 5.82 Å². The van der Waals surface area contributed by atoms with Gasteiger partial charge in [0.25, 0.3) is 5.91 Å². The minimum atomic E-state index is -0.205. The monoisotopic (exact) mass is 387 g/mol. The highest BCUT2D eigenvalue weighted by atomic mass is 16.1. The van der Waals surface area contributed by atoms with Crippen molar-refractivity contribution in [2.24, 2.45) is 0 Å². The maximum atomic E-state index is 12.9. The highest BCUT2D eigenvalue weighted by Gasteiger charge is 2.20. The largest absolute Gasteiger partial charge is 0.320 e. The predicted octanol–water partition coefficient (Wildman–Crippen LogP) is 3.28. The third-order valence-electron chi connectivity index (χ3n) is 4.51. The first-order valence-electron chi connectivity index (χ1n) is 9.34. The summed E-state index contributed by atoms with van der Waals surface area (Å²) in [4.78, 5) is 21.1. The molecule has 1 aromatic carbocycles. The van der Waals surface area contributed by atoms with Crippen LogP contribution in [0.5, 0.6) is 0 Å². The molecular weight excluding hydrogens is 366 g/mol. The Morgan fingerprint density at radius 2 is 1.90 bits per heavy atom. The Morgan fingerprint density at radius 3 is 2.55 bits per heavy atom. The van der Waals surface area contributed by atoms with Gasteiger partial charge in [0, 0.05) is 0 Å². The van der Waals surface area contributed by atoms with Gasteiger partial charge in [-0.2, -0.15) is 10.2 Å². The number of carbonyl (C=O) groups excluding carboxylic acids is 1. The van der Waals surface area contributed by atoms with E-state index in [1.54, 1.807) is 35.5 Å². The third kappa shape index (κ3) is 4.06. The first-order valence-corrected chi connectivity index (χ1v) is 9.34. The molecule has 8 nitrogen and oxygen atoms in total. The minimum Gasteiger partial charge on any atom is -0.320 e. The van der Waals surface area contributed by atoms with Crippen molar-refractivity contribution in [3.05, 3.63) is 84.3 Å². The summed E-state index contributed by atoms with van der Waals surface area (Å²) >= 11 is 0. The SMILES string of the molecule is CC(C)c1c(C(=O)Nc2ccc(-n3cncn3)nc2)cnn1Cc1ccccc1. The summed E-state index contributed by atoms with van der Waals surface area (Å²) in [7, 11) is 0. The van der Waals surface area contributed by atoms with Gasteiger partial charge in [-0.3, -0.25) is 9.48 Å². The van der Waals surface area contributed by atoms with Crippen LogP contribution < -0.4 is 5.32 Å². The van der Waals surface area contributed by atoms with Crippen molar-refractivity contribution in [1.82, 2.24) is 29.5 Å². The molecule has 0 fully saturated rings. The van der Waals surface area contributed by atoms with E-state index in [-0.39, 0.29) is 11.8 Å². The first-order chi connectivity index (χ1) is 14.1. The van der Waals surface area contributed by atoms with Gasteiger partial charge < -0.3 is 5.32 Å². The number of benzene rings is 1. The summed E-state index contributed by atoms with van der Waals surface area (Å²) in [6.07, 6.45) is 6.23. The van der Waals surface area contributed by atoms with Crippen molar-refractivity contribution in [2.45, 2.75) is 26.3 Å². The lowest BCUT2D eigenvalue weighted by Gasteiger charge is -2.13. The molecule has 0 radical (unpaired) electrons. The fourth-order valence-electron chi connectivity index (χ4n) is 3.18. The Hall–Kier alpha value is -3.81. The summed E-state index contributed by atoms with van der Waals surface area (Å²) in [6, 6.07) is 13.6. The van der Waals surface area contributed by atoms with E-state index >= 15 is 0 Å². The number of aromatic nitrogens is 6. The lowest BCUT2D eigenvalue weighted by molar-refractivity contribution is 0.102. The van der Waals surface area contributed by atoms with Crippen molar-refractivity contribution < 1.29 is 4.79 Å². The number of rotatable bonds is 6. The van der Waals surface area contributed by atoms with Crippen LogP contribution in [0.1, 0.15) is 41.4 Å². The number of carbonyl (C=O) groups is 1. The summed E-state index contributed by atoms with van der Waals surface area (Å²) < 4.78 is 3.44. The molecule has 0 saturated carbocycles. The Labute approximate surface area is 168 Å². The van der Waals surface area contributed by atoms with Crippen LogP contribution in [0.25, 0.3) is 5.82 Å². The fourth-order valence-corrected chi connectivity index (χ4v) is 3.18. The molecule has 1 amide bonds. The number of pyridine rings is 1. The van der Waals surface area contributed by atoms with E-state index in [0.29, 0.717) is 23.6 Å². The number of nitrogens with one attached hydrogen (secondary N) is 1. The average Bonchev–Trinajstić information content (AvgIpc) is 3.39. The molecule has 4 rings (SSSR count). The molecule has 4 aromatic rings. The molecule has 0 aliphatic rings. The van der Waals surface area contributed by atoms with E-state index in [2.05, 4.69) is 39.3 Å². The molecule has 3 aromatic heterocycles. The number of anilines is 1. The van der Waals surface area contributed by atoms with Gasteiger partial charge >= 0.3 is 0 Å². The maximum absolute atomic E-state index is 12.9. The van der Waals surface area contributed by atoms with Crippen molar-refractivity contribution in [3.63, 3.8) is 0 Å². The number of hydrogen-bond donors (Lipinski definition) is 1. The normalized spacial score (nSPS) is 11.0. The lowest BCUT2D eigenvalue weighted by Crippen LogP contribution is -2.16. The Bertz CT molecular complexity index is 1080. The second-order valence-electron chi connectivity index (χ2n) is 6.94. The van der Waals surface area contributed by atoms with Gasteiger partial charge in [-0.15, -0.1) is 0 Å². The number of nitrogens with zero attached hydrogens (tertiary/aromatic N) is 6. The molecular formula is C21H21N7O. The highest BCUT2D eigenvalue weighted by Crippen LogP contribution is 2.22. The molecule has 0 saturated heterocycles. The summed E-state index contributed by atoms with van der Waals surface area (Å²) in [6.45, 7) is 4.74. The molecule has 146 valence electrons. The summed E-state index contributed by atoms with van der Waals surface area (Å²) in [5.74, 6) is 0.567. The Morgan fingerprint density at radius 1 is 1.07 bits per heavy atom. The van der Waals surface area contributed by atoms with E-state index in [1.807, 2.05) is 35.0 Å². The molecule has 0 unspecified atom stereocenters. The minimum absolute atomic E-state index is 0.148. The number of hydrogen-bond acceptors (Lipinski definition) is 5. The van der Waals surface area contributed by atoms with Crippen LogP contribution in [-0.4, -0.2) is 35.4 Å². The van der Waals surface area contributed by atoms with Crippen LogP contribution in [-0.2, 0) is 6.54 Å². The van der Waals surface area contributed by atoms with Crippen LogP contribution in [0.4, 0.5) is 5.69 Å². The molecule has 29 heavy (non-hydrogen) atoms. The van der Waals surface area contributed by atoms with Crippen LogP contribution >= 0.6 is 0 Å². The second kappa shape index (κ2) is 8.05. The van der Waals surface area contributed by atoms with Gasteiger partial charge in [0.1, 0.15) is 12.7 Å². The maximum Gasteiger partial charge on any atom is 0.259 e. The smallest absolute Gasteiger partial charge is 0.259 e. The van der Waals surface area contributed by atoms with Gasteiger partial charge in [0.05, 0.1) is 35.9 Å². The third-order valence-corrected chi connectivity index (χ3v) is 4.51. The molecule has 0 spiro atoms. The molecule has 0 aliphatic heterocycles. The molecule has 0 bridgehead atoms. The van der Waals surface area contributed by atoms with Gasteiger partial charge in [-0.25, -0.2) is 14.6 Å². The molecule has 0 atom stereocenters. The molecule has 1 N–H and O–H groups in total. The summed E-state index contributed by atoms with van der Waals surface area (Å²) in [5.41, 5.74) is 3.21. The van der Waals surface area contributed by atoms with E-state index in [9.17, 15) is 4.79 Å². The molecule has 3 heterocycles. The quantitative estimate of drug-likeness (QED) is 0.548. The van der Waals surface area contributed by atoms with Crippen LogP contribution in [0, 0.1) is 0 Å². The second-order valence-corrected chi connectivity index (χ2v) is 6.94. The van der Waals surface area contributed by atoms with Crippen molar-refractivity contribution in [1.29, 1.82) is 0 Å². The number of amides is 1. The standard InChI is InChI=1S/C21H21N7O/c1-15(2)20-18(11-24-27(20)12-16-6-4-3-5-7-16)21(29)26-17-8-9-19(23-10-17)28-14-22-13-25-28/h3-11,13-15H,12H2,1-2H3,(H,26,29). The van der Waals surface area contributed by atoms with Crippen LogP contribution in [0.2, 0.25) is 0 Å². The Balaban J connectivity index is 1.54. The van der Waals surface area contributed by atoms with Crippen LogP contribution in [0.15, 0.2) is 67.5 Å².